The van der Waals surface area contributed by atoms with Crippen LogP contribution in [0.4, 0.5) is 5.69 Å². The number of para-hydroxylation sites is 1. The smallest absolute Gasteiger partial charge is 0.0850 e. The van der Waals surface area contributed by atoms with E-state index in [1.54, 1.807) is 0 Å². The van der Waals surface area contributed by atoms with Crippen molar-refractivity contribution in [2.45, 2.75) is 64.0 Å². The Morgan fingerprint density at radius 3 is 1.96 bits per heavy atom. The molecule has 0 radical (unpaired) electrons. The Hall–Kier alpha value is -0.580. The SMILES string of the molecule is CNc1c(CCCCCCCCCCBr)cccc1C(NC)NC. The van der Waals surface area contributed by atoms with E-state index in [2.05, 4.69) is 50.1 Å². The van der Waals surface area contributed by atoms with Crippen molar-refractivity contribution in [2.75, 3.05) is 31.8 Å². The lowest BCUT2D eigenvalue weighted by Gasteiger charge is -2.21. The van der Waals surface area contributed by atoms with E-state index < -0.39 is 0 Å². The van der Waals surface area contributed by atoms with Crippen molar-refractivity contribution in [1.82, 2.24) is 10.6 Å². The monoisotopic (exact) mass is 397 g/mol. The lowest BCUT2D eigenvalue weighted by Crippen LogP contribution is -2.29. The van der Waals surface area contributed by atoms with Crippen molar-refractivity contribution in [3.8, 4) is 0 Å². The fourth-order valence-electron chi connectivity index (χ4n) is 3.30. The second kappa shape index (κ2) is 13.7. The standard InChI is InChI=1S/C20H36BrN3/c1-22-19-17(14-12-15-18(19)20(23-2)24-3)13-10-8-6-4-5-7-9-11-16-21/h12,14-15,20,22-24H,4-11,13,16H2,1-3H3. The van der Waals surface area contributed by atoms with Gasteiger partial charge in [-0.15, -0.1) is 0 Å². The van der Waals surface area contributed by atoms with Crippen LogP contribution in [-0.2, 0) is 6.42 Å². The molecule has 0 unspecified atom stereocenters. The van der Waals surface area contributed by atoms with E-state index in [4.69, 9.17) is 0 Å². The normalized spacial score (nSPS) is 11.2. The summed E-state index contributed by atoms with van der Waals surface area (Å²) in [6, 6.07) is 6.63. The van der Waals surface area contributed by atoms with Crippen molar-refractivity contribution in [1.29, 1.82) is 0 Å². The van der Waals surface area contributed by atoms with Crippen LogP contribution in [0.5, 0.6) is 0 Å². The van der Waals surface area contributed by atoms with Crippen molar-refractivity contribution >= 4 is 21.6 Å². The molecule has 0 bridgehead atoms. The maximum Gasteiger partial charge on any atom is 0.0850 e. The third-order valence-corrected chi connectivity index (χ3v) is 5.21. The number of halogens is 1. The average molecular weight is 398 g/mol. The minimum atomic E-state index is 0.187. The Morgan fingerprint density at radius 2 is 1.42 bits per heavy atom. The first-order chi connectivity index (χ1) is 11.8. The molecule has 1 rings (SSSR count). The Kier molecular flexibility index (Phi) is 12.2. The molecule has 0 spiro atoms. The van der Waals surface area contributed by atoms with E-state index in [0.717, 1.165) is 11.8 Å². The summed E-state index contributed by atoms with van der Waals surface area (Å²) in [7, 11) is 6.01. The van der Waals surface area contributed by atoms with Gasteiger partial charge in [-0.1, -0.05) is 72.7 Å². The fraction of sp³-hybridized carbons (Fsp3) is 0.700. The van der Waals surface area contributed by atoms with E-state index >= 15 is 0 Å². The lowest BCUT2D eigenvalue weighted by molar-refractivity contribution is 0.520. The quantitative estimate of drug-likeness (QED) is 0.228. The molecule has 0 heterocycles. The number of aryl methyl sites for hydroxylation is 1. The number of nitrogens with one attached hydrogen (secondary N) is 3. The number of hydrogen-bond donors (Lipinski definition) is 3. The molecule has 0 aromatic heterocycles. The molecular formula is C20H36BrN3. The van der Waals surface area contributed by atoms with Gasteiger partial charge in [-0.3, -0.25) is 0 Å². The zero-order valence-electron chi connectivity index (χ0n) is 15.8. The second-order valence-electron chi connectivity index (χ2n) is 6.41. The molecule has 0 aliphatic carbocycles. The molecule has 0 atom stereocenters. The molecule has 1 aromatic rings. The number of hydrogen-bond acceptors (Lipinski definition) is 3. The topological polar surface area (TPSA) is 36.1 Å². The summed E-state index contributed by atoms with van der Waals surface area (Å²) in [6.45, 7) is 0. The molecule has 3 N–H and O–H groups in total. The van der Waals surface area contributed by atoms with Crippen LogP contribution in [-0.4, -0.2) is 26.5 Å². The number of anilines is 1. The Bertz CT molecular complexity index is 433. The Balaban J connectivity index is 2.38. The van der Waals surface area contributed by atoms with E-state index in [1.807, 2.05) is 21.1 Å². The molecule has 0 fully saturated rings. The average Bonchev–Trinajstić information content (AvgIpc) is 2.61. The van der Waals surface area contributed by atoms with Crippen LogP contribution in [0.2, 0.25) is 0 Å². The molecule has 0 aliphatic rings. The van der Waals surface area contributed by atoms with E-state index in [9.17, 15) is 0 Å². The molecule has 138 valence electrons. The summed E-state index contributed by atoms with van der Waals surface area (Å²) in [6.07, 6.45) is 12.2. The number of rotatable bonds is 14. The highest BCUT2D eigenvalue weighted by Gasteiger charge is 2.13. The highest BCUT2D eigenvalue weighted by molar-refractivity contribution is 9.09. The van der Waals surface area contributed by atoms with Gasteiger partial charge in [-0.2, -0.15) is 0 Å². The van der Waals surface area contributed by atoms with Crippen LogP contribution in [0.25, 0.3) is 0 Å². The summed E-state index contributed by atoms with van der Waals surface area (Å²) in [5.74, 6) is 0. The van der Waals surface area contributed by atoms with Gasteiger partial charge in [0, 0.05) is 23.6 Å². The van der Waals surface area contributed by atoms with Crippen LogP contribution in [0, 0.1) is 0 Å². The summed E-state index contributed by atoms with van der Waals surface area (Å²) >= 11 is 3.50. The largest absolute Gasteiger partial charge is 0.388 e. The van der Waals surface area contributed by atoms with Gasteiger partial charge in [0.05, 0.1) is 6.17 Å². The maximum atomic E-state index is 3.50. The van der Waals surface area contributed by atoms with Crippen molar-refractivity contribution < 1.29 is 0 Å². The molecule has 0 saturated carbocycles. The molecule has 1 aromatic carbocycles. The number of alkyl halides is 1. The minimum Gasteiger partial charge on any atom is -0.388 e. The highest BCUT2D eigenvalue weighted by Crippen LogP contribution is 2.26. The van der Waals surface area contributed by atoms with Crippen LogP contribution in [0.3, 0.4) is 0 Å². The molecular weight excluding hydrogens is 362 g/mol. The van der Waals surface area contributed by atoms with Gasteiger partial charge < -0.3 is 16.0 Å². The van der Waals surface area contributed by atoms with Crippen LogP contribution in [0.15, 0.2) is 18.2 Å². The third-order valence-electron chi connectivity index (χ3n) is 4.65. The maximum absolute atomic E-state index is 3.50. The van der Waals surface area contributed by atoms with Gasteiger partial charge in [0.1, 0.15) is 0 Å². The zero-order chi connectivity index (χ0) is 17.6. The molecule has 3 nitrogen and oxygen atoms in total. The summed E-state index contributed by atoms with van der Waals surface area (Å²) in [5.41, 5.74) is 4.01. The first kappa shape index (κ1) is 21.5. The summed E-state index contributed by atoms with van der Waals surface area (Å²) in [5, 5.41) is 11.2. The second-order valence-corrected chi connectivity index (χ2v) is 7.20. The first-order valence-corrected chi connectivity index (χ1v) is 10.6. The van der Waals surface area contributed by atoms with Crippen LogP contribution in [0.1, 0.15) is 68.7 Å². The number of unbranched alkanes of at least 4 members (excludes halogenated alkanes) is 7. The van der Waals surface area contributed by atoms with Crippen LogP contribution < -0.4 is 16.0 Å². The molecule has 4 heteroatoms. The van der Waals surface area contributed by atoms with E-state index in [-0.39, 0.29) is 6.17 Å². The summed E-state index contributed by atoms with van der Waals surface area (Å²) in [4.78, 5) is 0. The van der Waals surface area contributed by atoms with Gasteiger partial charge in [0.2, 0.25) is 0 Å². The van der Waals surface area contributed by atoms with Gasteiger partial charge in [-0.25, -0.2) is 0 Å². The predicted molar refractivity (Wildman–Crippen MR) is 111 cm³/mol. The van der Waals surface area contributed by atoms with Crippen molar-refractivity contribution in [3.05, 3.63) is 29.3 Å². The fourth-order valence-corrected chi connectivity index (χ4v) is 3.70. The molecule has 24 heavy (non-hydrogen) atoms. The zero-order valence-corrected chi connectivity index (χ0v) is 17.3. The highest BCUT2D eigenvalue weighted by atomic mass is 79.9. The van der Waals surface area contributed by atoms with E-state index in [0.29, 0.717) is 0 Å². The Labute approximate surface area is 157 Å². The van der Waals surface area contributed by atoms with Crippen molar-refractivity contribution in [3.63, 3.8) is 0 Å². The molecule has 0 saturated heterocycles. The molecule has 0 aliphatic heterocycles. The number of benzene rings is 1. The van der Waals surface area contributed by atoms with Gasteiger partial charge in [0.25, 0.3) is 0 Å². The molecule has 0 amide bonds. The predicted octanol–water partition coefficient (Wildman–Crippen LogP) is 5.22. The van der Waals surface area contributed by atoms with Crippen LogP contribution >= 0.6 is 15.9 Å². The van der Waals surface area contributed by atoms with Gasteiger partial charge >= 0.3 is 0 Å². The van der Waals surface area contributed by atoms with Gasteiger partial charge in [0.15, 0.2) is 0 Å². The minimum absolute atomic E-state index is 0.187. The third kappa shape index (κ3) is 7.54. The lowest BCUT2D eigenvalue weighted by atomic mass is 9.99. The van der Waals surface area contributed by atoms with Gasteiger partial charge in [-0.05, 0) is 38.9 Å². The van der Waals surface area contributed by atoms with E-state index in [1.165, 1.54) is 68.2 Å². The first-order valence-electron chi connectivity index (χ1n) is 9.48. The van der Waals surface area contributed by atoms with Crippen molar-refractivity contribution in [2.24, 2.45) is 0 Å². The summed E-state index contributed by atoms with van der Waals surface area (Å²) < 4.78 is 0. The Morgan fingerprint density at radius 1 is 0.833 bits per heavy atom.